The number of halogens is 1. The first-order valence-electron chi connectivity index (χ1n) is 6.74. The van der Waals surface area contributed by atoms with E-state index < -0.39 is 0 Å². The molecule has 0 spiro atoms. The Kier molecular flexibility index (Phi) is 5.77. The van der Waals surface area contributed by atoms with E-state index in [1.807, 2.05) is 0 Å². The van der Waals surface area contributed by atoms with Crippen molar-refractivity contribution in [3.8, 4) is 0 Å². The molecule has 1 aromatic rings. The number of aromatic nitrogens is 2. The molecule has 1 unspecified atom stereocenters. The fourth-order valence-electron chi connectivity index (χ4n) is 2.30. The fraction of sp³-hybridized carbons (Fsp3) is 0.846. The Hall–Kier alpha value is -0.650. The zero-order chi connectivity index (χ0) is 13.2. The molecule has 2 N–H and O–H groups in total. The molecule has 2 rings (SSSR count). The van der Waals surface area contributed by atoms with Crippen LogP contribution in [0.15, 0.2) is 4.52 Å². The van der Waals surface area contributed by atoms with Gasteiger partial charge in [-0.05, 0) is 31.8 Å². The molecule has 0 aliphatic carbocycles. The van der Waals surface area contributed by atoms with Gasteiger partial charge in [0.15, 0.2) is 5.82 Å². The summed E-state index contributed by atoms with van der Waals surface area (Å²) in [4.78, 5) is 6.84. The highest BCUT2D eigenvalue weighted by atomic mass is 35.5. The Bertz CT molecular complexity index is 388. The predicted octanol–water partition coefficient (Wildman–Crippen LogP) is 1.96. The molecule has 0 saturated carbocycles. The van der Waals surface area contributed by atoms with E-state index in [4.69, 9.17) is 10.3 Å². The van der Waals surface area contributed by atoms with Crippen LogP contribution in [0.2, 0.25) is 0 Å². The monoisotopic (exact) mass is 288 g/mol. The number of piperidine rings is 1. The summed E-state index contributed by atoms with van der Waals surface area (Å²) in [6, 6.07) is 0. The normalized spacial score (nSPS) is 21.2. The second-order valence-corrected chi connectivity index (χ2v) is 6.24. The van der Waals surface area contributed by atoms with E-state index >= 15 is 0 Å². The lowest BCUT2D eigenvalue weighted by Gasteiger charge is -2.30. The van der Waals surface area contributed by atoms with E-state index in [9.17, 15) is 0 Å². The van der Waals surface area contributed by atoms with Gasteiger partial charge in [0, 0.05) is 12.0 Å². The van der Waals surface area contributed by atoms with Gasteiger partial charge in [-0.2, -0.15) is 4.98 Å². The van der Waals surface area contributed by atoms with Crippen LogP contribution in [0.25, 0.3) is 0 Å². The van der Waals surface area contributed by atoms with Crippen molar-refractivity contribution in [2.45, 2.75) is 45.6 Å². The first kappa shape index (κ1) is 16.4. The van der Waals surface area contributed by atoms with Crippen LogP contribution in [0.1, 0.15) is 45.3 Å². The lowest BCUT2D eigenvalue weighted by Crippen LogP contribution is -2.37. The maximum Gasteiger partial charge on any atom is 0.240 e. The van der Waals surface area contributed by atoms with E-state index in [1.165, 1.54) is 12.8 Å². The van der Waals surface area contributed by atoms with E-state index in [0.29, 0.717) is 5.92 Å². The Morgan fingerprint density at radius 2 is 2.16 bits per heavy atom. The summed E-state index contributed by atoms with van der Waals surface area (Å²) < 4.78 is 5.33. The topological polar surface area (TPSA) is 68.2 Å². The van der Waals surface area contributed by atoms with Crippen molar-refractivity contribution in [2.75, 3.05) is 19.6 Å². The van der Waals surface area contributed by atoms with Crippen molar-refractivity contribution in [3.63, 3.8) is 0 Å². The van der Waals surface area contributed by atoms with Gasteiger partial charge in [0.05, 0.1) is 6.54 Å². The van der Waals surface area contributed by atoms with Gasteiger partial charge in [-0.1, -0.05) is 25.9 Å². The SMILES string of the molecule is CC(C)(C)c1noc(CN2CCCC(CN)C2)n1.Cl. The van der Waals surface area contributed by atoms with Gasteiger partial charge in [0.25, 0.3) is 0 Å². The van der Waals surface area contributed by atoms with Crippen LogP contribution in [0, 0.1) is 5.92 Å². The van der Waals surface area contributed by atoms with Crippen LogP contribution in [0.4, 0.5) is 0 Å². The number of likely N-dealkylation sites (tertiary alicyclic amines) is 1. The molecule has 2 heterocycles. The zero-order valence-corrected chi connectivity index (χ0v) is 12.9. The summed E-state index contributed by atoms with van der Waals surface area (Å²) in [5.74, 6) is 2.12. The van der Waals surface area contributed by atoms with Crippen molar-refractivity contribution < 1.29 is 4.52 Å². The van der Waals surface area contributed by atoms with Gasteiger partial charge in [0.1, 0.15) is 0 Å². The first-order valence-corrected chi connectivity index (χ1v) is 6.74. The van der Waals surface area contributed by atoms with Crippen molar-refractivity contribution in [3.05, 3.63) is 11.7 Å². The molecular weight excluding hydrogens is 264 g/mol. The number of nitrogens with zero attached hydrogens (tertiary/aromatic N) is 3. The van der Waals surface area contributed by atoms with Gasteiger partial charge in [-0.15, -0.1) is 12.4 Å². The second-order valence-electron chi connectivity index (χ2n) is 6.24. The summed E-state index contributed by atoms with van der Waals surface area (Å²) in [6.07, 6.45) is 2.45. The molecule has 1 atom stereocenters. The largest absolute Gasteiger partial charge is 0.338 e. The molecule has 1 aromatic heterocycles. The molecule has 110 valence electrons. The van der Waals surface area contributed by atoms with Gasteiger partial charge in [-0.25, -0.2) is 0 Å². The first-order chi connectivity index (χ1) is 8.49. The van der Waals surface area contributed by atoms with Crippen LogP contribution in [0.3, 0.4) is 0 Å². The number of rotatable bonds is 3. The van der Waals surface area contributed by atoms with Gasteiger partial charge < -0.3 is 10.3 Å². The minimum absolute atomic E-state index is 0. The predicted molar refractivity (Wildman–Crippen MR) is 77.3 cm³/mol. The van der Waals surface area contributed by atoms with Crippen molar-refractivity contribution in [2.24, 2.45) is 11.7 Å². The van der Waals surface area contributed by atoms with E-state index in [-0.39, 0.29) is 17.8 Å². The Balaban J connectivity index is 0.00000180. The molecule has 1 saturated heterocycles. The van der Waals surface area contributed by atoms with Crippen molar-refractivity contribution in [1.82, 2.24) is 15.0 Å². The van der Waals surface area contributed by atoms with Crippen LogP contribution >= 0.6 is 12.4 Å². The zero-order valence-electron chi connectivity index (χ0n) is 12.1. The summed E-state index contributed by atoms with van der Waals surface area (Å²) in [5, 5.41) is 4.05. The molecule has 0 bridgehead atoms. The molecule has 1 fully saturated rings. The number of hydrogen-bond donors (Lipinski definition) is 1. The molecule has 1 aliphatic heterocycles. The quantitative estimate of drug-likeness (QED) is 0.921. The third-order valence-corrected chi connectivity index (χ3v) is 3.43. The van der Waals surface area contributed by atoms with Gasteiger partial charge in [-0.3, -0.25) is 4.90 Å². The summed E-state index contributed by atoms with van der Waals surface area (Å²) >= 11 is 0. The minimum Gasteiger partial charge on any atom is -0.338 e. The lowest BCUT2D eigenvalue weighted by atomic mass is 9.96. The second kappa shape index (κ2) is 6.68. The third kappa shape index (κ3) is 4.44. The van der Waals surface area contributed by atoms with E-state index in [2.05, 4.69) is 35.8 Å². The maximum atomic E-state index is 5.74. The molecule has 5 nitrogen and oxygen atoms in total. The Labute approximate surface area is 121 Å². The molecule has 0 radical (unpaired) electrons. The summed E-state index contributed by atoms with van der Waals surface area (Å²) in [7, 11) is 0. The van der Waals surface area contributed by atoms with Crippen molar-refractivity contribution >= 4 is 12.4 Å². The smallest absolute Gasteiger partial charge is 0.240 e. The third-order valence-electron chi connectivity index (χ3n) is 3.43. The number of hydrogen-bond acceptors (Lipinski definition) is 5. The van der Waals surface area contributed by atoms with Gasteiger partial charge >= 0.3 is 0 Å². The summed E-state index contributed by atoms with van der Waals surface area (Å²) in [6.45, 7) is 9.94. The fourth-order valence-corrected chi connectivity index (χ4v) is 2.30. The molecule has 0 aromatic carbocycles. The van der Waals surface area contributed by atoms with Crippen LogP contribution in [0.5, 0.6) is 0 Å². The highest BCUT2D eigenvalue weighted by Gasteiger charge is 2.24. The summed E-state index contributed by atoms with van der Waals surface area (Å²) in [5.41, 5.74) is 5.69. The highest BCUT2D eigenvalue weighted by Crippen LogP contribution is 2.20. The average Bonchev–Trinajstić information content (AvgIpc) is 2.77. The van der Waals surface area contributed by atoms with Gasteiger partial charge in [0.2, 0.25) is 5.89 Å². The van der Waals surface area contributed by atoms with E-state index in [1.54, 1.807) is 0 Å². The standard InChI is InChI=1S/C13H24N4O.ClH/c1-13(2,3)12-15-11(18-16-12)9-17-6-4-5-10(7-14)8-17;/h10H,4-9,14H2,1-3H3;1H. The Morgan fingerprint density at radius 3 is 2.74 bits per heavy atom. The number of nitrogens with two attached hydrogens (primary N) is 1. The van der Waals surface area contributed by atoms with Crippen LogP contribution in [-0.4, -0.2) is 34.7 Å². The van der Waals surface area contributed by atoms with Crippen molar-refractivity contribution in [1.29, 1.82) is 0 Å². The van der Waals surface area contributed by atoms with Crippen LogP contribution in [-0.2, 0) is 12.0 Å². The highest BCUT2D eigenvalue weighted by molar-refractivity contribution is 5.85. The molecular formula is C13H25ClN4O. The molecule has 0 amide bonds. The molecule has 19 heavy (non-hydrogen) atoms. The lowest BCUT2D eigenvalue weighted by molar-refractivity contribution is 0.153. The minimum atomic E-state index is -0.0521. The molecule has 1 aliphatic rings. The molecule has 6 heteroatoms. The maximum absolute atomic E-state index is 5.74. The van der Waals surface area contributed by atoms with Crippen LogP contribution < -0.4 is 5.73 Å². The van der Waals surface area contributed by atoms with E-state index in [0.717, 1.165) is 37.9 Å². The Morgan fingerprint density at radius 1 is 1.42 bits per heavy atom. The average molecular weight is 289 g/mol.